The van der Waals surface area contributed by atoms with E-state index in [0.717, 1.165) is 36.2 Å². The van der Waals surface area contributed by atoms with Gasteiger partial charge in [-0.1, -0.05) is 24.3 Å². The molecule has 0 saturated carbocycles. The van der Waals surface area contributed by atoms with Crippen molar-refractivity contribution >= 4 is 21.6 Å². The maximum absolute atomic E-state index is 11.7. The fraction of sp³-hybridized carbons (Fsp3) is 0.562. The number of aromatic nitrogens is 1. The van der Waals surface area contributed by atoms with E-state index in [4.69, 9.17) is 4.74 Å². The Morgan fingerprint density at radius 1 is 1.52 bits per heavy atom. The molecular formula is C16H22N2O2S. The third-order valence-corrected chi connectivity index (χ3v) is 5.27. The first-order chi connectivity index (χ1) is 10.2. The number of nitrogens with zero attached hydrogens (tertiary/aromatic N) is 1. The smallest absolute Gasteiger partial charge is 0.307 e. The van der Waals surface area contributed by atoms with Gasteiger partial charge in [0.05, 0.1) is 16.3 Å². The molecule has 2 atom stereocenters. The summed E-state index contributed by atoms with van der Waals surface area (Å²) >= 11 is 1.31. The number of benzene rings is 1. The second-order valence-electron chi connectivity index (χ2n) is 5.68. The van der Waals surface area contributed by atoms with E-state index in [-0.39, 0.29) is 4.87 Å². The first-order valence-corrected chi connectivity index (χ1v) is 8.44. The third-order valence-electron chi connectivity index (χ3n) is 4.28. The highest BCUT2D eigenvalue weighted by atomic mass is 32.1. The van der Waals surface area contributed by atoms with Crippen LogP contribution in [-0.4, -0.2) is 23.3 Å². The molecular weight excluding hydrogens is 284 g/mol. The summed E-state index contributed by atoms with van der Waals surface area (Å²) < 4.78 is 8.55. The summed E-state index contributed by atoms with van der Waals surface area (Å²) in [6, 6.07) is 6.68. The third kappa shape index (κ3) is 3.05. The van der Waals surface area contributed by atoms with E-state index in [1.54, 1.807) is 4.57 Å². The molecule has 21 heavy (non-hydrogen) atoms. The lowest BCUT2D eigenvalue weighted by atomic mass is 10.1. The van der Waals surface area contributed by atoms with E-state index < -0.39 is 0 Å². The fourth-order valence-corrected chi connectivity index (χ4v) is 3.94. The van der Waals surface area contributed by atoms with Gasteiger partial charge in [0.1, 0.15) is 0 Å². The molecule has 114 valence electrons. The Balaban J connectivity index is 1.71. The molecule has 2 aromatic rings. The summed E-state index contributed by atoms with van der Waals surface area (Å²) in [5.41, 5.74) is 2.24. The first-order valence-electron chi connectivity index (χ1n) is 7.62. The van der Waals surface area contributed by atoms with E-state index in [1.165, 1.54) is 23.3 Å². The molecule has 0 radical (unpaired) electrons. The van der Waals surface area contributed by atoms with Crippen molar-refractivity contribution in [1.29, 1.82) is 0 Å². The molecule has 0 spiro atoms. The molecule has 1 aromatic heterocycles. The van der Waals surface area contributed by atoms with Gasteiger partial charge in [-0.15, -0.1) is 0 Å². The van der Waals surface area contributed by atoms with Crippen molar-refractivity contribution in [3.05, 3.63) is 33.4 Å². The molecule has 0 amide bonds. The summed E-state index contributed by atoms with van der Waals surface area (Å²) in [5.74, 6) is 0. The van der Waals surface area contributed by atoms with Crippen LogP contribution in [0.2, 0.25) is 0 Å². The van der Waals surface area contributed by atoms with Gasteiger partial charge in [-0.25, -0.2) is 0 Å². The normalized spacial score (nSPS) is 20.2. The molecule has 1 N–H and O–H groups in total. The lowest BCUT2D eigenvalue weighted by Crippen LogP contribution is -2.38. The highest BCUT2D eigenvalue weighted by molar-refractivity contribution is 7.16. The van der Waals surface area contributed by atoms with Crippen LogP contribution in [0.5, 0.6) is 0 Å². The Morgan fingerprint density at radius 3 is 3.10 bits per heavy atom. The number of nitrogens with one attached hydrogen (secondary N) is 1. The Bertz CT molecular complexity index is 670. The lowest BCUT2D eigenvalue weighted by Gasteiger charge is -2.23. The van der Waals surface area contributed by atoms with Gasteiger partial charge in [0.2, 0.25) is 0 Å². The van der Waals surface area contributed by atoms with Crippen molar-refractivity contribution in [1.82, 2.24) is 9.88 Å². The predicted molar refractivity (Wildman–Crippen MR) is 87.0 cm³/mol. The molecule has 2 heterocycles. The minimum absolute atomic E-state index is 0.0981. The molecule has 4 nitrogen and oxygen atoms in total. The van der Waals surface area contributed by atoms with Crippen LogP contribution in [0.3, 0.4) is 0 Å². The summed E-state index contributed by atoms with van der Waals surface area (Å²) in [5, 5.41) is 3.61. The van der Waals surface area contributed by atoms with Crippen molar-refractivity contribution in [2.45, 2.75) is 44.9 Å². The number of hydrogen-bond donors (Lipinski definition) is 1. The van der Waals surface area contributed by atoms with Crippen LogP contribution < -0.4 is 10.2 Å². The van der Waals surface area contributed by atoms with E-state index in [9.17, 15) is 4.79 Å². The number of hydrogen-bond acceptors (Lipinski definition) is 4. The second-order valence-corrected chi connectivity index (χ2v) is 6.67. The first kappa shape index (κ1) is 14.8. The maximum atomic E-state index is 11.7. The maximum Gasteiger partial charge on any atom is 0.307 e. The lowest BCUT2D eigenvalue weighted by molar-refractivity contribution is 0.0765. The fourth-order valence-electron chi connectivity index (χ4n) is 3.00. The molecule has 0 aliphatic carbocycles. The largest absolute Gasteiger partial charge is 0.377 e. The zero-order chi connectivity index (χ0) is 14.8. The highest BCUT2D eigenvalue weighted by Gasteiger charge is 2.23. The summed E-state index contributed by atoms with van der Waals surface area (Å²) in [7, 11) is 1.82. The molecule has 1 saturated heterocycles. The van der Waals surface area contributed by atoms with Gasteiger partial charge in [-0.05, 0) is 37.0 Å². The number of fused-ring (bicyclic) bond motifs is 1. The van der Waals surface area contributed by atoms with Crippen LogP contribution in [0.25, 0.3) is 10.2 Å². The topological polar surface area (TPSA) is 43.3 Å². The van der Waals surface area contributed by atoms with Gasteiger partial charge >= 0.3 is 4.87 Å². The molecule has 1 aliphatic heterocycles. The van der Waals surface area contributed by atoms with Crippen LogP contribution in [0, 0.1) is 0 Å². The monoisotopic (exact) mass is 306 g/mol. The Morgan fingerprint density at radius 2 is 2.38 bits per heavy atom. The van der Waals surface area contributed by atoms with E-state index in [2.05, 4.69) is 24.4 Å². The van der Waals surface area contributed by atoms with Gasteiger partial charge < -0.3 is 14.6 Å². The predicted octanol–water partition coefficient (Wildman–Crippen LogP) is 2.65. The van der Waals surface area contributed by atoms with Gasteiger partial charge in [-0.3, -0.25) is 4.79 Å². The van der Waals surface area contributed by atoms with E-state index in [0.29, 0.717) is 12.1 Å². The number of thiazole rings is 1. The van der Waals surface area contributed by atoms with Gasteiger partial charge in [-0.2, -0.15) is 0 Å². The zero-order valence-electron chi connectivity index (χ0n) is 12.6. The number of rotatable bonds is 5. The van der Waals surface area contributed by atoms with Crippen LogP contribution >= 0.6 is 11.3 Å². The molecule has 5 heteroatoms. The summed E-state index contributed by atoms with van der Waals surface area (Å²) in [6.45, 7) is 3.92. The second kappa shape index (κ2) is 6.30. The van der Waals surface area contributed by atoms with Crippen molar-refractivity contribution < 1.29 is 4.74 Å². The average Bonchev–Trinajstić information content (AvgIpc) is 3.10. The van der Waals surface area contributed by atoms with Gasteiger partial charge in [0.25, 0.3) is 0 Å². The van der Waals surface area contributed by atoms with Crippen molar-refractivity contribution in [2.24, 2.45) is 7.05 Å². The van der Waals surface area contributed by atoms with Crippen LogP contribution in [0.4, 0.5) is 0 Å². The molecule has 1 aliphatic rings. The quantitative estimate of drug-likeness (QED) is 0.923. The minimum atomic E-state index is 0.0981. The molecule has 0 unspecified atom stereocenters. The van der Waals surface area contributed by atoms with Crippen LogP contribution in [0.15, 0.2) is 23.0 Å². The Kier molecular flexibility index (Phi) is 4.42. The SMILES string of the molecule is CC[C@H](NCc1ccc2c(c1)sc(=O)n2C)[C@@H]1CCCO1. The molecule has 0 bridgehead atoms. The van der Waals surface area contributed by atoms with E-state index in [1.807, 2.05) is 13.1 Å². The summed E-state index contributed by atoms with van der Waals surface area (Å²) in [6.07, 6.45) is 3.76. The molecule has 1 fully saturated rings. The van der Waals surface area contributed by atoms with Crippen molar-refractivity contribution in [2.75, 3.05) is 6.61 Å². The minimum Gasteiger partial charge on any atom is -0.377 e. The molecule has 1 aromatic carbocycles. The molecule has 3 rings (SSSR count). The Hall–Kier alpha value is -1.17. The van der Waals surface area contributed by atoms with Gasteiger partial charge in [0, 0.05) is 26.2 Å². The summed E-state index contributed by atoms with van der Waals surface area (Å²) in [4.78, 5) is 11.8. The Labute approximate surface area is 128 Å². The van der Waals surface area contributed by atoms with Crippen molar-refractivity contribution in [3.63, 3.8) is 0 Å². The number of ether oxygens (including phenoxy) is 1. The standard InChI is InChI=1S/C16H22N2O2S/c1-3-12(14-5-4-8-20-14)17-10-11-6-7-13-15(9-11)21-16(19)18(13)2/h6-7,9,12,14,17H,3-5,8,10H2,1-2H3/t12-,14-/m0/s1. The van der Waals surface area contributed by atoms with Crippen LogP contribution in [0.1, 0.15) is 31.7 Å². The zero-order valence-corrected chi connectivity index (χ0v) is 13.4. The van der Waals surface area contributed by atoms with Crippen molar-refractivity contribution in [3.8, 4) is 0 Å². The van der Waals surface area contributed by atoms with Crippen LogP contribution in [-0.2, 0) is 18.3 Å². The average molecular weight is 306 g/mol. The van der Waals surface area contributed by atoms with Gasteiger partial charge in [0.15, 0.2) is 0 Å². The number of aryl methyl sites for hydroxylation is 1. The highest BCUT2D eigenvalue weighted by Crippen LogP contribution is 2.20. The van der Waals surface area contributed by atoms with E-state index >= 15 is 0 Å².